The predicted molar refractivity (Wildman–Crippen MR) is 87.6 cm³/mol. The minimum Gasteiger partial charge on any atom is -0.444 e. The van der Waals surface area contributed by atoms with Crippen molar-refractivity contribution in [2.24, 2.45) is 5.92 Å². The number of pyridine rings is 1. The molecule has 1 saturated heterocycles. The van der Waals surface area contributed by atoms with Gasteiger partial charge in [0.1, 0.15) is 11.4 Å². The van der Waals surface area contributed by atoms with Gasteiger partial charge < -0.3 is 14.2 Å². The van der Waals surface area contributed by atoms with E-state index in [9.17, 15) is 14.4 Å². The summed E-state index contributed by atoms with van der Waals surface area (Å²) < 4.78 is 15.3. The monoisotopic (exact) mass is 350 g/mol. The molecule has 1 aromatic rings. The fourth-order valence-electron chi connectivity index (χ4n) is 2.22. The van der Waals surface area contributed by atoms with Crippen LogP contribution >= 0.6 is 0 Å². The van der Waals surface area contributed by atoms with Crippen molar-refractivity contribution in [3.05, 3.63) is 23.9 Å². The van der Waals surface area contributed by atoms with E-state index < -0.39 is 35.3 Å². The Labute approximate surface area is 145 Å². The van der Waals surface area contributed by atoms with Crippen LogP contribution in [0.4, 0.5) is 10.6 Å². The van der Waals surface area contributed by atoms with Crippen molar-refractivity contribution in [1.82, 2.24) is 4.98 Å². The highest BCUT2D eigenvalue weighted by molar-refractivity contribution is 5.97. The zero-order chi connectivity index (χ0) is 18.8. The first-order valence-electron chi connectivity index (χ1n) is 7.86. The topological polar surface area (TPSA) is 104 Å². The second-order valence-electron chi connectivity index (χ2n) is 7.17. The van der Waals surface area contributed by atoms with Gasteiger partial charge in [-0.15, -0.1) is 0 Å². The first-order valence-corrected chi connectivity index (χ1v) is 7.86. The lowest BCUT2D eigenvalue weighted by molar-refractivity contribution is -0.239. The normalized spacial score (nSPS) is 17.5. The Kier molecular flexibility index (Phi) is 5.01. The number of cyclic esters (lactones) is 2. The Morgan fingerprint density at radius 3 is 2.44 bits per heavy atom. The van der Waals surface area contributed by atoms with Gasteiger partial charge in [-0.3, -0.25) is 14.9 Å². The standard InChI is InChI=1S/C17H22N2O6/c1-16(2,3)25-15(22)19-12-9-10(6-7-18-12)8-11-13(20)23-17(4,5)24-14(11)21/h6-7,9,11H,8H2,1-5H3,(H,18,19,22). The molecule has 136 valence electrons. The number of carbonyl (C=O) groups excluding carboxylic acids is 3. The number of esters is 2. The maximum atomic E-state index is 12.0. The number of rotatable bonds is 3. The molecule has 1 aromatic heterocycles. The molecular formula is C17H22N2O6. The summed E-state index contributed by atoms with van der Waals surface area (Å²) in [6, 6.07) is 3.20. The van der Waals surface area contributed by atoms with Gasteiger partial charge >= 0.3 is 18.0 Å². The van der Waals surface area contributed by atoms with E-state index in [0.717, 1.165) is 0 Å². The van der Waals surface area contributed by atoms with Crippen molar-refractivity contribution in [1.29, 1.82) is 0 Å². The highest BCUT2D eigenvalue weighted by atomic mass is 16.7. The average Bonchev–Trinajstić information content (AvgIpc) is 2.40. The summed E-state index contributed by atoms with van der Waals surface area (Å²) in [4.78, 5) is 39.8. The Hall–Kier alpha value is -2.64. The fourth-order valence-corrected chi connectivity index (χ4v) is 2.22. The van der Waals surface area contributed by atoms with Gasteiger partial charge in [-0.1, -0.05) is 0 Å². The molecule has 0 bridgehead atoms. The quantitative estimate of drug-likeness (QED) is 0.659. The van der Waals surface area contributed by atoms with Gasteiger partial charge in [-0.2, -0.15) is 0 Å². The van der Waals surface area contributed by atoms with E-state index in [1.807, 2.05) is 0 Å². The number of ether oxygens (including phenoxy) is 3. The third kappa shape index (κ3) is 5.44. The number of carbonyl (C=O) groups is 3. The SMILES string of the molecule is CC(C)(C)OC(=O)Nc1cc(CC2C(=O)OC(C)(C)OC2=O)ccn1. The predicted octanol–water partition coefficient (Wildman–Crippen LogP) is 2.42. The minimum atomic E-state index is -1.26. The molecular weight excluding hydrogens is 328 g/mol. The van der Waals surface area contributed by atoms with Crippen molar-refractivity contribution in [3.63, 3.8) is 0 Å². The number of nitrogens with one attached hydrogen (secondary N) is 1. The van der Waals surface area contributed by atoms with E-state index in [1.54, 1.807) is 32.9 Å². The molecule has 2 rings (SSSR count). The van der Waals surface area contributed by atoms with Crippen molar-refractivity contribution >= 4 is 23.8 Å². The molecule has 1 amide bonds. The van der Waals surface area contributed by atoms with Crippen LogP contribution in [-0.2, 0) is 30.2 Å². The van der Waals surface area contributed by atoms with Crippen LogP contribution in [0.1, 0.15) is 40.2 Å². The Morgan fingerprint density at radius 1 is 1.28 bits per heavy atom. The molecule has 1 fully saturated rings. The molecule has 0 aliphatic carbocycles. The second-order valence-corrected chi connectivity index (χ2v) is 7.17. The molecule has 0 radical (unpaired) electrons. The van der Waals surface area contributed by atoms with Crippen LogP contribution in [0.3, 0.4) is 0 Å². The van der Waals surface area contributed by atoms with Crippen molar-refractivity contribution in [3.8, 4) is 0 Å². The van der Waals surface area contributed by atoms with Gasteiger partial charge in [0.05, 0.1) is 0 Å². The van der Waals surface area contributed by atoms with Gasteiger partial charge in [0, 0.05) is 20.0 Å². The number of aromatic nitrogens is 1. The van der Waals surface area contributed by atoms with E-state index >= 15 is 0 Å². The van der Waals surface area contributed by atoms with Gasteiger partial charge in [0.2, 0.25) is 0 Å². The molecule has 8 nitrogen and oxygen atoms in total. The summed E-state index contributed by atoms with van der Waals surface area (Å²) in [5.41, 5.74) is -0.0101. The maximum absolute atomic E-state index is 12.0. The summed E-state index contributed by atoms with van der Waals surface area (Å²) >= 11 is 0. The second kappa shape index (κ2) is 6.70. The molecule has 1 aliphatic heterocycles. The van der Waals surface area contributed by atoms with Gasteiger partial charge in [-0.25, -0.2) is 9.78 Å². The number of hydrogen-bond acceptors (Lipinski definition) is 7. The number of nitrogens with zero attached hydrogens (tertiary/aromatic N) is 1. The summed E-state index contributed by atoms with van der Waals surface area (Å²) in [7, 11) is 0. The maximum Gasteiger partial charge on any atom is 0.413 e. The van der Waals surface area contributed by atoms with Crippen LogP contribution < -0.4 is 5.32 Å². The lowest BCUT2D eigenvalue weighted by atomic mass is 9.99. The molecule has 1 aliphatic rings. The van der Waals surface area contributed by atoms with Gasteiger partial charge in [0.15, 0.2) is 5.92 Å². The van der Waals surface area contributed by atoms with E-state index in [-0.39, 0.29) is 12.2 Å². The average molecular weight is 350 g/mol. The lowest BCUT2D eigenvalue weighted by Crippen LogP contribution is -2.46. The van der Waals surface area contributed by atoms with Crippen molar-refractivity contribution < 1.29 is 28.6 Å². The largest absolute Gasteiger partial charge is 0.444 e. The van der Waals surface area contributed by atoms with Gasteiger partial charge in [0.25, 0.3) is 5.79 Å². The molecule has 0 saturated carbocycles. The van der Waals surface area contributed by atoms with Crippen LogP contribution in [0.15, 0.2) is 18.3 Å². The van der Waals surface area contributed by atoms with Crippen LogP contribution in [0.5, 0.6) is 0 Å². The molecule has 25 heavy (non-hydrogen) atoms. The molecule has 1 N–H and O–H groups in total. The summed E-state index contributed by atoms with van der Waals surface area (Å²) in [5, 5.41) is 2.51. The van der Waals surface area contributed by atoms with Crippen LogP contribution in [-0.4, -0.2) is 34.4 Å². The molecule has 0 unspecified atom stereocenters. The summed E-state index contributed by atoms with van der Waals surface area (Å²) in [5.74, 6) is -3.33. The third-order valence-corrected chi connectivity index (χ3v) is 3.15. The lowest BCUT2D eigenvalue weighted by Gasteiger charge is -2.32. The van der Waals surface area contributed by atoms with Crippen LogP contribution in [0.25, 0.3) is 0 Å². The third-order valence-electron chi connectivity index (χ3n) is 3.15. The van der Waals surface area contributed by atoms with Crippen LogP contribution in [0, 0.1) is 5.92 Å². The van der Waals surface area contributed by atoms with E-state index in [1.165, 1.54) is 20.0 Å². The molecule has 0 spiro atoms. The van der Waals surface area contributed by atoms with E-state index in [0.29, 0.717) is 5.56 Å². The highest BCUT2D eigenvalue weighted by Crippen LogP contribution is 2.26. The molecule has 0 atom stereocenters. The highest BCUT2D eigenvalue weighted by Gasteiger charge is 2.43. The Balaban J connectivity index is 2.05. The Bertz CT molecular complexity index is 673. The van der Waals surface area contributed by atoms with E-state index in [2.05, 4.69) is 10.3 Å². The summed E-state index contributed by atoms with van der Waals surface area (Å²) in [6.07, 6.45) is 0.903. The first-order chi connectivity index (χ1) is 11.5. The van der Waals surface area contributed by atoms with Crippen molar-refractivity contribution in [2.45, 2.75) is 52.4 Å². The van der Waals surface area contributed by atoms with Gasteiger partial charge in [-0.05, 0) is 44.9 Å². The van der Waals surface area contributed by atoms with Crippen LogP contribution in [0.2, 0.25) is 0 Å². The van der Waals surface area contributed by atoms with Crippen molar-refractivity contribution in [2.75, 3.05) is 5.32 Å². The first kappa shape index (κ1) is 18.7. The minimum absolute atomic E-state index is 0.0826. The number of anilines is 1. The fraction of sp³-hybridized carbons (Fsp3) is 0.529. The smallest absolute Gasteiger partial charge is 0.413 e. The number of amides is 1. The Morgan fingerprint density at radius 2 is 1.88 bits per heavy atom. The number of hydrogen-bond donors (Lipinski definition) is 1. The molecule has 2 heterocycles. The zero-order valence-electron chi connectivity index (χ0n) is 14.9. The molecule has 0 aromatic carbocycles. The van der Waals surface area contributed by atoms with E-state index in [4.69, 9.17) is 14.2 Å². The zero-order valence-corrected chi connectivity index (χ0v) is 14.9. The summed E-state index contributed by atoms with van der Waals surface area (Å²) in [6.45, 7) is 8.23. The molecule has 8 heteroatoms.